The molecule has 0 bridgehead atoms. The van der Waals surface area contributed by atoms with Gasteiger partial charge >= 0.3 is 0 Å². The average Bonchev–Trinajstić information content (AvgIpc) is 2.04. The van der Waals surface area contributed by atoms with Crippen molar-refractivity contribution in [2.75, 3.05) is 0 Å². The molecule has 1 aromatic carbocycles. The second-order valence-electron chi connectivity index (χ2n) is 4.80. The molecule has 0 N–H and O–H groups in total. The van der Waals surface area contributed by atoms with E-state index in [0.29, 0.717) is 0 Å². The Morgan fingerprint density at radius 3 is 1.42 bits per heavy atom. The van der Waals surface area contributed by atoms with Gasteiger partial charge in [-0.2, -0.15) is 0 Å². The third kappa shape index (κ3) is 0.722. The normalized spacial score (nSPS) is 22.7. The lowest BCUT2D eigenvalue weighted by Crippen LogP contribution is -2.84. The van der Waals surface area contributed by atoms with Crippen molar-refractivity contribution in [2.45, 2.75) is 26.2 Å². The Hall–Kier alpha value is -0.346. The summed E-state index contributed by atoms with van der Waals surface area (Å²) in [4.78, 5) is 0. The molecule has 0 radical (unpaired) electrons. The zero-order chi connectivity index (χ0) is 8.98. The molecule has 0 aromatic heterocycles. The number of rotatable bonds is 0. The minimum Gasteiger partial charge on any atom is -0.0671 e. The summed E-state index contributed by atoms with van der Waals surface area (Å²) >= 11 is 0. The van der Waals surface area contributed by atoms with Gasteiger partial charge in [0, 0.05) is 0 Å². The monoisotopic (exact) mass is 192 g/mol. The first kappa shape index (κ1) is 8.26. The summed E-state index contributed by atoms with van der Waals surface area (Å²) in [5, 5.41) is 3.45. The molecule has 1 heterocycles. The van der Waals surface area contributed by atoms with E-state index in [1.807, 2.05) is 0 Å². The Bertz CT molecular complexity index is 293. The highest BCUT2D eigenvalue weighted by molar-refractivity contribution is 7.56. The van der Waals surface area contributed by atoms with E-state index in [4.69, 9.17) is 0 Å². The highest BCUT2D eigenvalue weighted by Gasteiger charge is 2.53. The van der Waals surface area contributed by atoms with Crippen LogP contribution >= 0.6 is 0 Å². The Morgan fingerprint density at radius 2 is 1.08 bits per heavy atom. The maximum Gasteiger partial charge on any atom is 0.0789 e. The molecule has 12 heavy (non-hydrogen) atoms. The van der Waals surface area contributed by atoms with Crippen LogP contribution < -0.4 is 10.4 Å². The lowest BCUT2D eigenvalue weighted by Gasteiger charge is -2.51. The summed E-state index contributed by atoms with van der Waals surface area (Å²) in [6.45, 7) is 10.1. The minimum absolute atomic E-state index is 0.960. The van der Waals surface area contributed by atoms with Crippen LogP contribution in [0, 0.1) is 0 Å². The molecule has 0 aliphatic carbocycles. The van der Waals surface area contributed by atoms with Crippen LogP contribution in [0.4, 0.5) is 0 Å². The largest absolute Gasteiger partial charge is 0.0789 e. The van der Waals surface area contributed by atoms with Crippen molar-refractivity contribution in [3.8, 4) is 0 Å². The van der Waals surface area contributed by atoms with E-state index in [-0.39, 0.29) is 0 Å². The number of fused-ring (bicyclic) bond motifs is 1. The maximum atomic E-state index is 2.53. The van der Waals surface area contributed by atoms with Gasteiger partial charge in [0.1, 0.15) is 0 Å². The Kier molecular flexibility index (Phi) is 1.46. The van der Waals surface area contributed by atoms with Crippen molar-refractivity contribution >= 4 is 25.6 Å². The predicted octanol–water partition coefficient (Wildman–Crippen LogP) is 1.61. The highest BCUT2D eigenvalue weighted by Crippen LogP contribution is 2.25. The molecule has 0 saturated carbocycles. The fourth-order valence-corrected chi connectivity index (χ4v) is 12.4. The van der Waals surface area contributed by atoms with Gasteiger partial charge in [-0.25, -0.2) is 0 Å². The summed E-state index contributed by atoms with van der Waals surface area (Å²) in [7, 11) is -1.92. The van der Waals surface area contributed by atoms with Gasteiger partial charge in [-0.15, -0.1) is 0 Å². The summed E-state index contributed by atoms with van der Waals surface area (Å²) in [6.07, 6.45) is 0. The topological polar surface area (TPSA) is 0 Å². The summed E-state index contributed by atoms with van der Waals surface area (Å²) in [5.74, 6) is 0. The zero-order valence-corrected chi connectivity index (χ0v) is 10.3. The molecule has 0 atom stereocenters. The summed E-state index contributed by atoms with van der Waals surface area (Å²) in [6, 6.07) is 9.08. The molecule has 1 aliphatic rings. The van der Waals surface area contributed by atoms with Gasteiger partial charge < -0.3 is 0 Å². The molecule has 1 aliphatic heterocycles. The quantitative estimate of drug-likeness (QED) is 0.548. The zero-order valence-electron chi connectivity index (χ0n) is 8.31. The van der Waals surface area contributed by atoms with Gasteiger partial charge in [0.05, 0.1) is 15.2 Å². The van der Waals surface area contributed by atoms with Crippen molar-refractivity contribution < 1.29 is 0 Å². The molecule has 2 heteroatoms. The van der Waals surface area contributed by atoms with Crippen molar-refractivity contribution in [3.05, 3.63) is 24.3 Å². The van der Waals surface area contributed by atoms with Crippen molar-refractivity contribution in [2.24, 2.45) is 0 Å². The van der Waals surface area contributed by atoms with Gasteiger partial charge in [0.2, 0.25) is 0 Å². The number of hydrogen-bond donors (Lipinski definition) is 0. The van der Waals surface area contributed by atoms with Gasteiger partial charge in [-0.05, 0) is 0 Å². The van der Waals surface area contributed by atoms with Crippen LogP contribution in [-0.4, -0.2) is 15.2 Å². The van der Waals surface area contributed by atoms with E-state index in [0.717, 1.165) is 0 Å². The van der Waals surface area contributed by atoms with E-state index >= 15 is 0 Å². The second-order valence-corrected chi connectivity index (χ2v) is 19.9. The van der Waals surface area contributed by atoms with Crippen LogP contribution in [0.5, 0.6) is 0 Å². The number of hydrogen-bond acceptors (Lipinski definition) is 0. The van der Waals surface area contributed by atoms with Crippen molar-refractivity contribution in [3.63, 3.8) is 0 Å². The van der Waals surface area contributed by atoms with Crippen LogP contribution in [0.1, 0.15) is 0 Å². The van der Waals surface area contributed by atoms with Gasteiger partial charge in [-0.3, -0.25) is 0 Å². The predicted molar refractivity (Wildman–Crippen MR) is 60.7 cm³/mol. The van der Waals surface area contributed by atoms with Crippen molar-refractivity contribution in [1.82, 2.24) is 0 Å². The average molecular weight is 192 g/mol. The standard InChI is InChI=1S/C10H16Si2/c1-11(2)9-7-5-6-8-10(9)12(11,3)4/h5-8H,1-4H3. The highest BCUT2D eigenvalue weighted by atomic mass is 29.3. The van der Waals surface area contributed by atoms with E-state index in [1.165, 1.54) is 0 Å². The van der Waals surface area contributed by atoms with Crippen LogP contribution in [0.15, 0.2) is 24.3 Å². The van der Waals surface area contributed by atoms with Crippen LogP contribution in [0.3, 0.4) is 0 Å². The van der Waals surface area contributed by atoms with Crippen molar-refractivity contribution in [1.29, 1.82) is 0 Å². The van der Waals surface area contributed by atoms with E-state index in [2.05, 4.69) is 50.5 Å². The molecular weight excluding hydrogens is 176 g/mol. The molecule has 1 aromatic rings. The first-order valence-corrected chi connectivity index (χ1v) is 11.6. The third-order valence-corrected chi connectivity index (χ3v) is 21.8. The molecule has 2 rings (SSSR count). The second kappa shape index (κ2) is 2.12. The van der Waals surface area contributed by atoms with Gasteiger partial charge in [0.25, 0.3) is 0 Å². The molecule has 0 fully saturated rings. The Morgan fingerprint density at radius 1 is 0.750 bits per heavy atom. The number of benzene rings is 1. The summed E-state index contributed by atoms with van der Waals surface area (Å²) < 4.78 is 0. The molecule has 0 unspecified atom stereocenters. The first-order chi connectivity index (χ1) is 5.48. The fraction of sp³-hybridized carbons (Fsp3) is 0.400. The molecule has 0 spiro atoms. The van der Waals surface area contributed by atoms with Crippen LogP contribution in [0.25, 0.3) is 0 Å². The van der Waals surface area contributed by atoms with Gasteiger partial charge in [0.15, 0.2) is 0 Å². The van der Waals surface area contributed by atoms with E-state index in [9.17, 15) is 0 Å². The third-order valence-electron chi connectivity index (χ3n) is 3.84. The van der Waals surface area contributed by atoms with E-state index < -0.39 is 15.2 Å². The molecule has 0 amide bonds. The van der Waals surface area contributed by atoms with E-state index in [1.54, 1.807) is 10.4 Å². The van der Waals surface area contributed by atoms with Crippen LogP contribution in [-0.2, 0) is 0 Å². The molecule has 0 nitrogen and oxygen atoms in total. The SMILES string of the molecule is C[Si]1(C)c2ccccc2[Si]1(C)C. The minimum atomic E-state index is -0.960. The fourth-order valence-electron chi connectivity index (χ4n) is 2.18. The molecule has 0 saturated heterocycles. The van der Waals surface area contributed by atoms with Gasteiger partial charge in [-0.1, -0.05) is 60.8 Å². The Labute approximate surface area is 76.4 Å². The molecule has 64 valence electrons. The van der Waals surface area contributed by atoms with Crippen LogP contribution in [0.2, 0.25) is 26.2 Å². The smallest absolute Gasteiger partial charge is 0.0671 e. The lowest BCUT2D eigenvalue weighted by atomic mass is 10.4. The molecular formula is C10H16Si2. The first-order valence-electron chi connectivity index (χ1n) is 4.58. The summed E-state index contributed by atoms with van der Waals surface area (Å²) in [5.41, 5.74) is 0. The lowest BCUT2D eigenvalue weighted by molar-refractivity contribution is 1.66. The Balaban J connectivity index is 2.64. The maximum absolute atomic E-state index is 2.53.